The molecule has 1 heterocycles. The van der Waals surface area contributed by atoms with Crippen molar-refractivity contribution in [3.8, 4) is 0 Å². The number of aliphatic hydroxyl groups excluding tert-OH is 1. The van der Waals surface area contributed by atoms with Gasteiger partial charge in [0.25, 0.3) is 0 Å². The summed E-state index contributed by atoms with van der Waals surface area (Å²) in [6.45, 7) is 9.83. The van der Waals surface area contributed by atoms with Gasteiger partial charge in [-0.3, -0.25) is 0 Å². The van der Waals surface area contributed by atoms with Crippen molar-refractivity contribution in [2.45, 2.75) is 85.0 Å². The SMILES string of the molecule is CC(C)=CC(O)CCC(C)=CCCC(C)=CCOC1CCCCO1. The number of allylic oxidation sites excluding steroid dienone is 4. The first-order valence-electron chi connectivity index (χ1n) is 9.35. The summed E-state index contributed by atoms with van der Waals surface area (Å²) >= 11 is 0. The minimum Gasteiger partial charge on any atom is -0.389 e. The molecule has 0 radical (unpaired) electrons. The van der Waals surface area contributed by atoms with Gasteiger partial charge in [-0.15, -0.1) is 0 Å². The van der Waals surface area contributed by atoms with Gasteiger partial charge in [0.2, 0.25) is 0 Å². The highest BCUT2D eigenvalue weighted by Gasteiger charge is 2.12. The fraction of sp³-hybridized carbons (Fsp3) is 0.714. The van der Waals surface area contributed by atoms with Gasteiger partial charge in [-0.05, 0) is 72.6 Å². The van der Waals surface area contributed by atoms with E-state index in [2.05, 4.69) is 26.0 Å². The molecule has 1 aliphatic heterocycles. The van der Waals surface area contributed by atoms with Crippen LogP contribution in [0.4, 0.5) is 0 Å². The molecular weight excluding hydrogens is 300 g/mol. The Kier molecular flexibility index (Phi) is 11.0. The lowest BCUT2D eigenvalue weighted by Crippen LogP contribution is -2.22. The summed E-state index contributed by atoms with van der Waals surface area (Å²) < 4.78 is 11.3. The first-order valence-corrected chi connectivity index (χ1v) is 9.35. The molecule has 138 valence electrons. The van der Waals surface area contributed by atoms with E-state index in [1.54, 1.807) is 0 Å². The third kappa shape index (κ3) is 10.8. The Morgan fingerprint density at radius 2 is 1.88 bits per heavy atom. The molecule has 3 nitrogen and oxygen atoms in total. The highest BCUT2D eigenvalue weighted by molar-refractivity contribution is 5.05. The maximum atomic E-state index is 9.85. The Morgan fingerprint density at radius 1 is 1.12 bits per heavy atom. The molecule has 1 rings (SSSR count). The van der Waals surface area contributed by atoms with Crippen LogP contribution in [0.5, 0.6) is 0 Å². The van der Waals surface area contributed by atoms with Crippen molar-refractivity contribution in [1.29, 1.82) is 0 Å². The lowest BCUT2D eigenvalue weighted by atomic mass is 10.0. The molecule has 0 bridgehead atoms. The van der Waals surface area contributed by atoms with Crippen LogP contribution in [-0.2, 0) is 9.47 Å². The van der Waals surface area contributed by atoms with Gasteiger partial charge in [0.1, 0.15) is 0 Å². The van der Waals surface area contributed by atoms with Gasteiger partial charge in [0.15, 0.2) is 6.29 Å². The average Bonchev–Trinajstić information content (AvgIpc) is 2.53. The quantitative estimate of drug-likeness (QED) is 0.549. The second-order valence-electron chi connectivity index (χ2n) is 7.12. The van der Waals surface area contributed by atoms with E-state index in [1.165, 1.54) is 23.1 Å². The van der Waals surface area contributed by atoms with Crippen LogP contribution in [0.15, 0.2) is 34.9 Å². The maximum absolute atomic E-state index is 9.85. The second kappa shape index (κ2) is 12.5. The Labute approximate surface area is 148 Å². The third-order valence-electron chi connectivity index (χ3n) is 4.24. The van der Waals surface area contributed by atoms with E-state index in [1.807, 2.05) is 19.9 Å². The molecule has 0 aromatic carbocycles. The first-order chi connectivity index (χ1) is 11.5. The zero-order valence-corrected chi connectivity index (χ0v) is 16.0. The van der Waals surface area contributed by atoms with E-state index in [0.29, 0.717) is 6.61 Å². The lowest BCUT2D eigenvalue weighted by molar-refractivity contribution is -0.155. The molecule has 0 saturated carbocycles. The van der Waals surface area contributed by atoms with Crippen molar-refractivity contribution < 1.29 is 14.6 Å². The Hall–Kier alpha value is -0.900. The summed E-state index contributed by atoms with van der Waals surface area (Å²) in [7, 11) is 0. The summed E-state index contributed by atoms with van der Waals surface area (Å²) in [5, 5.41) is 9.85. The Balaban J connectivity index is 2.16. The van der Waals surface area contributed by atoms with Gasteiger partial charge < -0.3 is 14.6 Å². The lowest BCUT2D eigenvalue weighted by Gasteiger charge is -2.22. The third-order valence-corrected chi connectivity index (χ3v) is 4.24. The minimum atomic E-state index is -0.320. The molecule has 1 saturated heterocycles. The molecule has 1 fully saturated rings. The number of aliphatic hydroxyl groups is 1. The van der Waals surface area contributed by atoms with E-state index >= 15 is 0 Å². The molecular formula is C21H36O3. The zero-order valence-electron chi connectivity index (χ0n) is 16.0. The van der Waals surface area contributed by atoms with Gasteiger partial charge in [-0.25, -0.2) is 0 Å². The monoisotopic (exact) mass is 336 g/mol. The van der Waals surface area contributed by atoms with E-state index in [4.69, 9.17) is 9.47 Å². The molecule has 2 atom stereocenters. The molecule has 0 amide bonds. The first kappa shape index (κ1) is 21.1. The molecule has 24 heavy (non-hydrogen) atoms. The number of hydrogen-bond acceptors (Lipinski definition) is 3. The summed E-state index contributed by atoms with van der Waals surface area (Å²) in [5.41, 5.74) is 3.89. The van der Waals surface area contributed by atoms with Crippen molar-refractivity contribution in [2.75, 3.05) is 13.2 Å². The van der Waals surface area contributed by atoms with Crippen molar-refractivity contribution in [1.82, 2.24) is 0 Å². The van der Waals surface area contributed by atoms with Crippen LogP contribution in [0.1, 0.15) is 72.6 Å². The molecule has 0 aromatic rings. The predicted octanol–water partition coefficient (Wildman–Crippen LogP) is 5.31. The molecule has 1 aliphatic rings. The van der Waals surface area contributed by atoms with Crippen LogP contribution in [-0.4, -0.2) is 30.7 Å². The molecule has 2 unspecified atom stereocenters. The second-order valence-corrected chi connectivity index (χ2v) is 7.12. The largest absolute Gasteiger partial charge is 0.389 e. The summed E-state index contributed by atoms with van der Waals surface area (Å²) in [4.78, 5) is 0. The summed E-state index contributed by atoms with van der Waals surface area (Å²) in [5.74, 6) is 0. The normalized spacial score (nSPS) is 20.8. The summed E-state index contributed by atoms with van der Waals surface area (Å²) in [6, 6.07) is 0. The zero-order chi connectivity index (χ0) is 17.8. The number of rotatable bonds is 10. The van der Waals surface area contributed by atoms with E-state index in [-0.39, 0.29) is 12.4 Å². The fourth-order valence-corrected chi connectivity index (χ4v) is 2.73. The van der Waals surface area contributed by atoms with Gasteiger partial charge in [-0.2, -0.15) is 0 Å². The molecule has 0 spiro atoms. The molecule has 0 aliphatic carbocycles. The number of hydrogen-bond donors (Lipinski definition) is 1. The predicted molar refractivity (Wildman–Crippen MR) is 101 cm³/mol. The topological polar surface area (TPSA) is 38.7 Å². The average molecular weight is 337 g/mol. The van der Waals surface area contributed by atoms with E-state index in [0.717, 1.165) is 45.1 Å². The smallest absolute Gasteiger partial charge is 0.157 e. The molecule has 3 heteroatoms. The van der Waals surface area contributed by atoms with Crippen molar-refractivity contribution in [3.63, 3.8) is 0 Å². The van der Waals surface area contributed by atoms with E-state index in [9.17, 15) is 5.11 Å². The van der Waals surface area contributed by atoms with Crippen LogP contribution in [0.3, 0.4) is 0 Å². The highest BCUT2D eigenvalue weighted by Crippen LogP contribution is 2.15. The summed E-state index contributed by atoms with van der Waals surface area (Å²) in [6.07, 6.45) is 13.3. The van der Waals surface area contributed by atoms with Crippen LogP contribution >= 0.6 is 0 Å². The minimum absolute atomic E-state index is 0.00262. The maximum Gasteiger partial charge on any atom is 0.157 e. The van der Waals surface area contributed by atoms with Crippen molar-refractivity contribution >= 4 is 0 Å². The highest BCUT2D eigenvalue weighted by atomic mass is 16.7. The van der Waals surface area contributed by atoms with Crippen LogP contribution in [0, 0.1) is 0 Å². The number of ether oxygens (including phenoxy) is 2. The van der Waals surface area contributed by atoms with Gasteiger partial charge >= 0.3 is 0 Å². The van der Waals surface area contributed by atoms with Crippen LogP contribution < -0.4 is 0 Å². The Bertz CT molecular complexity index is 424. The standard InChI is InChI=1S/C21H36O3/c1-17(2)16-20(22)12-11-18(3)8-7-9-19(4)13-15-24-21-10-5-6-14-23-21/h8,13,16,20-22H,5-7,9-12,14-15H2,1-4H3. The van der Waals surface area contributed by atoms with Crippen molar-refractivity contribution in [2.24, 2.45) is 0 Å². The molecule has 0 aromatic heterocycles. The fourth-order valence-electron chi connectivity index (χ4n) is 2.73. The Morgan fingerprint density at radius 3 is 2.54 bits per heavy atom. The van der Waals surface area contributed by atoms with E-state index < -0.39 is 0 Å². The van der Waals surface area contributed by atoms with Gasteiger partial charge in [0, 0.05) is 6.61 Å². The van der Waals surface area contributed by atoms with Crippen LogP contribution in [0.2, 0.25) is 0 Å². The molecule has 1 N–H and O–H groups in total. The van der Waals surface area contributed by atoms with Crippen LogP contribution in [0.25, 0.3) is 0 Å². The van der Waals surface area contributed by atoms with Gasteiger partial charge in [0.05, 0.1) is 12.7 Å². The van der Waals surface area contributed by atoms with Gasteiger partial charge in [-0.1, -0.05) is 34.9 Å². The van der Waals surface area contributed by atoms with Crippen molar-refractivity contribution in [3.05, 3.63) is 34.9 Å².